The lowest BCUT2D eigenvalue weighted by Gasteiger charge is -2.39. The van der Waals surface area contributed by atoms with Gasteiger partial charge < -0.3 is 15.3 Å². The number of nitrogens with zero attached hydrogens (tertiary/aromatic N) is 1. The number of benzene rings is 1. The van der Waals surface area contributed by atoms with Gasteiger partial charge in [-0.15, -0.1) is 0 Å². The van der Waals surface area contributed by atoms with Gasteiger partial charge in [-0.05, 0) is 12.0 Å². The number of nitrogens with one attached hydrogen (secondary N) is 1. The van der Waals surface area contributed by atoms with Crippen molar-refractivity contribution in [2.75, 3.05) is 13.1 Å². The summed E-state index contributed by atoms with van der Waals surface area (Å²) in [4.78, 5) is 13.7. The molecule has 7 heteroatoms. The standard InChI is InChI=1S/C17H23F3N2O2/c1-2-6-14(13-7-4-3-5-8-13)21-15(23)22-11-9-16(24,10-12-22)17(18,19)20/h3-5,7-8,14,24H,2,6,9-12H2,1H3,(H,21,23)/t14-/m1/s1. The molecule has 2 amide bonds. The second kappa shape index (κ2) is 7.42. The van der Waals surface area contributed by atoms with Crippen LogP contribution in [0, 0.1) is 0 Å². The van der Waals surface area contributed by atoms with E-state index >= 15 is 0 Å². The minimum Gasteiger partial charge on any atom is -0.380 e. The van der Waals surface area contributed by atoms with Crippen LogP contribution in [0.25, 0.3) is 0 Å². The van der Waals surface area contributed by atoms with Gasteiger partial charge in [-0.2, -0.15) is 13.2 Å². The van der Waals surface area contributed by atoms with Crippen molar-refractivity contribution in [3.8, 4) is 0 Å². The summed E-state index contributed by atoms with van der Waals surface area (Å²) in [5.41, 5.74) is -1.72. The van der Waals surface area contributed by atoms with Crippen molar-refractivity contribution < 1.29 is 23.1 Å². The van der Waals surface area contributed by atoms with Gasteiger partial charge in [-0.3, -0.25) is 0 Å². The molecule has 0 spiro atoms. The average Bonchev–Trinajstić information content (AvgIpc) is 2.55. The predicted octanol–water partition coefficient (Wildman–Crippen LogP) is 3.63. The number of likely N-dealkylation sites (tertiary alicyclic amines) is 1. The van der Waals surface area contributed by atoms with Crippen molar-refractivity contribution in [1.29, 1.82) is 0 Å². The van der Waals surface area contributed by atoms with Gasteiger partial charge in [0.15, 0.2) is 5.60 Å². The molecule has 2 rings (SSSR count). The number of rotatable bonds is 4. The molecule has 1 fully saturated rings. The second-order valence-corrected chi connectivity index (χ2v) is 6.22. The average molecular weight is 344 g/mol. The maximum atomic E-state index is 12.8. The highest BCUT2D eigenvalue weighted by molar-refractivity contribution is 5.74. The molecule has 0 radical (unpaired) electrons. The molecule has 1 atom stereocenters. The summed E-state index contributed by atoms with van der Waals surface area (Å²) in [6.45, 7) is 1.78. The van der Waals surface area contributed by atoms with E-state index in [1.165, 1.54) is 4.90 Å². The molecular weight excluding hydrogens is 321 g/mol. The lowest BCUT2D eigenvalue weighted by molar-refractivity contribution is -0.271. The number of urea groups is 1. The first-order chi connectivity index (χ1) is 11.3. The highest BCUT2D eigenvalue weighted by Crippen LogP contribution is 2.38. The zero-order valence-corrected chi connectivity index (χ0v) is 13.6. The smallest absolute Gasteiger partial charge is 0.380 e. The predicted molar refractivity (Wildman–Crippen MR) is 84.4 cm³/mol. The number of hydrogen-bond donors (Lipinski definition) is 2. The van der Waals surface area contributed by atoms with Gasteiger partial charge >= 0.3 is 12.2 Å². The van der Waals surface area contributed by atoms with E-state index in [1.807, 2.05) is 37.3 Å². The fraction of sp³-hybridized carbons (Fsp3) is 0.588. The third kappa shape index (κ3) is 4.20. The van der Waals surface area contributed by atoms with Crippen LogP contribution in [0.2, 0.25) is 0 Å². The van der Waals surface area contributed by atoms with Crippen molar-refractivity contribution in [1.82, 2.24) is 10.2 Å². The molecule has 0 aliphatic carbocycles. The van der Waals surface area contributed by atoms with Crippen LogP contribution in [0.4, 0.5) is 18.0 Å². The second-order valence-electron chi connectivity index (χ2n) is 6.22. The number of halogens is 3. The Morgan fingerprint density at radius 3 is 2.38 bits per heavy atom. The summed E-state index contributed by atoms with van der Waals surface area (Å²) < 4.78 is 38.4. The van der Waals surface area contributed by atoms with Crippen LogP contribution in [0.1, 0.15) is 44.2 Å². The molecule has 1 aliphatic heterocycles. The molecule has 1 aromatic carbocycles. The Balaban J connectivity index is 1.97. The van der Waals surface area contributed by atoms with Crippen LogP contribution in [0.15, 0.2) is 30.3 Å². The number of hydrogen-bond acceptors (Lipinski definition) is 2. The van der Waals surface area contributed by atoms with Crippen molar-refractivity contribution in [3.63, 3.8) is 0 Å². The van der Waals surface area contributed by atoms with Gasteiger partial charge in [0, 0.05) is 25.9 Å². The Morgan fingerprint density at radius 2 is 1.88 bits per heavy atom. The Morgan fingerprint density at radius 1 is 1.29 bits per heavy atom. The van der Waals surface area contributed by atoms with Crippen molar-refractivity contribution >= 4 is 6.03 Å². The van der Waals surface area contributed by atoms with Gasteiger partial charge in [0.2, 0.25) is 0 Å². The SMILES string of the molecule is CCC[C@@H](NC(=O)N1CCC(O)(C(F)(F)F)CC1)c1ccccc1. The number of amides is 2. The van der Waals surface area contributed by atoms with Gasteiger partial charge in [0.05, 0.1) is 6.04 Å². The Bertz CT molecular complexity index is 541. The molecule has 134 valence electrons. The molecule has 1 aromatic rings. The number of aliphatic hydroxyl groups is 1. The topological polar surface area (TPSA) is 52.6 Å². The first kappa shape index (κ1) is 18.6. The molecule has 1 saturated heterocycles. The monoisotopic (exact) mass is 344 g/mol. The zero-order valence-electron chi connectivity index (χ0n) is 13.6. The largest absolute Gasteiger partial charge is 0.417 e. The molecular formula is C17H23F3N2O2. The van der Waals surface area contributed by atoms with E-state index in [4.69, 9.17) is 0 Å². The highest BCUT2D eigenvalue weighted by atomic mass is 19.4. The van der Waals surface area contributed by atoms with Crippen LogP contribution >= 0.6 is 0 Å². The number of carbonyl (C=O) groups excluding carboxylic acids is 1. The molecule has 0 saturated carbocycles. The van der Waals surface area contributed by atoms with Crippen molar-refractivity contribution in [2.45, 2.75) is 50.4 Å². The van der Waals surface area contributed by atoms with E-state index in [2.05, 4.69) is 5.32 Å². The number of piperidine rings is 1. The van der Waals surface area contributed by atoms with E-state index in [-0.39, 0.29) is 25.2 Å². The molecule has 4 nitrogen and oxygen atoms in total. The van der Waals surface area contributed by atoms with Crippen LogP contribution in [0.3, 0.4) is 0 Å². The van der Waals surface area contributed by atoms with E-state index in [0.29, 0.717) is 0 Å². The Labute approximate surface area is 139 Å². The van der Waals surface area contributed by atoms with Crippen LogP contribution in [-0.2, 0) is 0 Å². The van der Waals surface area contributed by atoms with E-state index < -0.39 is 24.6 Å². The van der Waals surface area contributed by atoms with E-state index in [0.717, 1.165) is 18.4 Å². The van der Waals surface area contributed by atoms with E-state index in [9.17, 15) is 23.1 Å². The zero-order chi connectivity index (χ0) is 17.8. The summed E-state index contributed by atoms with van der Waals surface area (Å²) in [5, 5.41) is 12.6. The maximum absolute atomic E-state index is 12.8. The lowest BCUT2D eigenvalue weighted by atomic mass is 9.91. The minimum atomic E-state index is -4.66. The fourth-order valence-electron chi connectivity index (χ4n) is 2.90. The quantitative estimate of drug-likeness (QED) is 0.876. The van der Waals surface area contributed by atoms with Crippen molar-refractivity contribution in [3.05, 3.63) is 35.9 Å². The summed E-state index contributed by atoms with van der Waals surface area (Å²) in [5.74, 6) is 0. The summed E-state index contributed by atoms with van der Waals surface area (Å²) in [6, 6.07) is 8.92. The molecule has 0 aromatic heterocycles. The van der Waals surface area contributed by atoms with Crippen LogP contribution in [0.5, 0.6) is 0 Å². The molecule has 1 heterocycles. The fourth-order valence-corrected chi connectivity index (χ4v) is 2.90. The van der Waals surface area contributed by atoms with Gasteiger partial charge in [0.1, 0.15) is 0 Å². The number of carbonyl (C=O) groups is 1. The van der Waals surface area contributed by atoms with Gasteiger partial charge in [-0.25, -0.2) is 4.79 Å². The first-order valence-corrected chi connectivity index (χ1v) is 8.16. The number of alkyl halides is 3. The van der Waals surface area contributed by atoms with Crippen molar-refractivity contribution in [2.24, 2.45) is 0 Å². The van der Waals surface area contributed by atoms with Gasteiger partial charge in [-0.1, -0.05) is 43.7 Å². The summed E-state index contributed by atoms with van der Waals surface area (Å²) in [6.07, 6.45) is -4.03. The summed E-state index contributed by atoms with van der Waals surface area (Å²) in [7, 11) is 0. The Hall–Kier alpha value is -1.76. The lowest BCUT2D eigenvalue weighted by Crippen LogP contribution is -2.56. The molecule has 2 N–H and O–H groups in total. The summed E-state index contributed by atoms with van der Waals surface area (Å²) >= 11 is 0. The third-order valence-electron chi connectivity index (χ3n) is 4.48. The van der Waals surface area contributed by atoms with Crippen LogP contribution < -0.4 is 5.32 Å². The molecule has 24 heavy (non-hydrogen) atoms. The Kier molecular flexibility index (Phi) is 5.74. The first-order valence-electron chi connectivity index (χ1n) is 8.16. The van der Waals surface area contributed by atoms with Crippen LogP contribution in [-0.4, -0.2) is 40.9 Å². The maximum Gasteiger partial charge on any atom is 0.417 e. The van der Waals surface area contributed by atoms with E-state index in [1.54, 1.807) is 0 Å². The highest BCUT2D eigenvalue weighted by Gasteiger charge is 2.54. The van der Waals surface area contributed by atoms with Gasteiger partial charge in [0.25, 0.3) is 0 Å². The molecule has 0 unspecified atom stereocenters. The minimum absolute atomic E-state index is 0.116. The normalized spacial score (nSPS) is 19.0. The molecule has 1 aliphatic rings. The molecule has 0 bridgehead atoms. The third-order valence-corrected chi connectivity index (χ3v) is 4.48.